The summed E-state index contributed by atoms with van der Waals surface area (Å²) in [7, 11) is 0. The van der Waals surface area contributed by atoms with Gasteiger partial charge in [0.25, 0.3) is 5.91 Å². The molecule has 0 unspecified atom stereocenters. The Morgan fingerprint density at radius 1 is 1.42 bits per heavy atom. The van der Waals surface area contributed by atoms with Crippen molar-refractivity contribution < 1.29 is 19.1 Å². The predicted octanol–water partition coefficient (Wildman–Crippen LogP) is 2.80. The number of carboxylic acid groups (broad SMARTS) is 1. The Morgan fingerprint density at radius 3 is 2.58 bits per heavy atom. The summed E-state index contributed by atoms with van der Waals surface area (Å²) < 4.78 is 13.6. The Bertz CT molecular complexity index is 491. The molecule has 0 bridgehead atoms. The number of rotatable bonds is 5. The van der Waals surface area contributed by atoms with Gasteiger partial charge in [-0.2, -0.15) is 0 Å². The fourth-order valence-corrected chi connectivity index (χ4v) is 1.80. The van der Waals surface area contributed by atoms with Gasteiger partial charge in [0.2, 0.25) is 0 Å². The van der Waals surface area contributed by atoms with Crippen molar-refractivity contribution in [3.05, 3.63) is 34.6 Å². The summed E-state index contributed by atoms with van der Waals surface area (Å²) in [5.41, 5.74) is -0.147. The van der Waals surface area contributed by atoms with Gasteiger partial charge in [-0.15, -0.1) is 0 Å². The molecule has 0 aliphatic rings. The van der Waals surface area contributed by atoms with Gasteiger partial charge in [-0.05, 0) is 32.0 Å². The Labute approximate surface area is 115 Å². The highest BCUT2D eigenvalue weighted by Crippen LogP contribution is 2.18. The molecule has 104 valence electrons. The number of amides is 1. The van der Waals surface area contributed by atoms with Crippen LogP contribution in [-0.2, 0) is 4.79 Å². The van der Waals surface area contributed by atoms with Gasteiger partial charge < -0.3 is 10.0 Å². The summed E-state index contributed by atoms with van der Waals surface area (Å²) in [6, 6.07) is 3.48. The molecule has 0 saturated heterocycles. The summed E-state index contributed by atoms with van der Waals surface area (Å²) >= 11 is 5.74. The van der Waals surface area contributed by atoms with E-state index in [1.807, 2.05) is 0 Å². The Morgan fingerprint density at radius 2 is 2.05 bits per heavy atom. The molecule has 0 heterocycles. The SMILES string of the molecule is CC(C)N(CCC(=O)O)C(=O)c1cc(Cl)ccc1F. The van der Waals surface area contributed by atoms with Crippen molar-refractivity contribution in [3.63, 3.8) is 0 Å². The summed E-state index contributed by atoms with van der Waals surface area (Å²) in [6.07, 6.45) is -0.188. The van der Waals surface area contributed by atoms with Crippen molar-refractivity contribution in [1.29, 1.82) is 0 Å². The molecule has 0 atom stereocenters. The highest BCUT2D eigenvalue weighted by Gasteiger charge is 2.22. The van der Waals surface area contributed by atoms with Crippen LogP contribution in [0.2, 0.25) is 5.02 Å². The molecular weight excluding hydrogens is 273 g/mol. The van der Waals surface area contributed by atoms with E-state index in [1.165, 1.54) is 17.0 Å². The minimum absolute atomic E-state index is 0.0256. The third-order valence-corrected chi connectivity index (χ3v) is 2.84. The van der Waals surface area contributed by atoms with Crippen LogP contribution in [0.5, 0.6) is 0 Å². The Balaban J connectivity index is 2.99. The molecule has 1 N–H and O–H groups in total. The highest BCUT2D eigenvalue weighted by molar-refractivity contribution is 6.31. The lowest BCUT2D eigenvalue weighted by molar-refractivity contribution is -0.137. The number of halogens is 2. The summed E-state index contributed by atoms with van der Waals surface area (Å²) in [6.45, 7) is 3.50. The van der Waals surface area contributed by atoms with Crippen LogP contribution < -0.4 is 0 Å². The molecule has 1 amide bonds. The number of carbonyl (C=O) groups excluding carboxylic acids is 1. The monoisotopic (exact) mass is 287 g/mol. The molecule has 1 aromatic rings. The van der Waals surface area contributed by atoms with Gasteiger partial charge in [0, 0.05) is 17.6 Å². The number of nitrogens with zero attached hydrogens (tertiary/aromatic N) is 1. The summed E-state index contributed by atoms with van der Waals surface area (Å²) in [4.78, 5) is 24.1. The summed E-state index contributed by atoms with van der Waals surface area (Å²) in [5.74, 6) is -2.24. The van der Waals surface area contributed by atoms with Crippen LogP contribution in [-0.4, -0.2) is 34.5 Å². The van der Waals surface area contributed by atoms with E-state index in [0.29, 0.717) is 0 Å². The standard InChI is InChI=1S/C13H15ClFNO3/c1-8(2)16(6-5-12(17)18)13(19)10-7-9(14)3-4-11(10)15/h3-4,7-8H,5-6H2,1-2H3,(H,17,18). The molecule has 1 aromatic carbocycles. The first-order valence-corrected chi connectivity index (χ1v) is 6.18. The van der Waals surface area contributed by atoms with Crippen LogP contribution in [0.3, 0.4) is 0 Å². The van der Waals surface area contributed by atoms with Crippen molar-refractivity contribution in [3.8, 4) is 0 Å². The van der Waals surface area contributed by atoms with Gasteiger partial charge in [-0.1, -0.05) is 11.6 Å². The molecule has 0 aromatic heterocycles. The number of carbonyl (C=O) groups is 2. The molecule has 6 heteroatoms. The predicted molar refractivity (Wildman–Crippen MR) is 69.8 cm³/mol. The quantitative estimate of drug-likeness (QED) is 0.906. The second-order valence-corrected chi connectivity index (χ2v) is 4.80. The zero-order valence-corrected chi connectivity index (χ0v) is 11.4. The van der Waals surface area contributed by atoms with Crippen molar-refractivity contribution in [2.24, 2.45) is 0 Å². The second kappa shape index (κ2) is 6.52. The number of benzene rings is 1. The normalized spacial score (nSPS) is 10.6. The van der Waals surface area contributed by atoms with E-state index < -0.39 is 17.7 Å². The molecule has 0 aliphatic carbocycles. The number of carboxylic acids is 1. The molecule has 0 radical (unpaired) electrons. The molecule has 0 saturated carbocycles. The van der Waals surface area contributed by atoms with Crippen LogP contribution >= 0.6 is 11.6 Å². The zero-order valence-electron chi connectivity index (χ0n) is 10.7. The van der Waals surface area contributed by atoms with E-state index in [2.05, 4.69) is 0 Å². The van der Waals surface area contributed by atoms with Gasteiger partial charge in [0.1, 0.15) is 5.82 Å². The molecule has 4 nitrogen and oxygen atoms in total. The maximum absolute atomic E-state index is 13.6. The topological polar surface area (TPSA) is 57.6 Å². The first-order valence-electron chi connectivity index (χ1n) is 5.80. The second-order valence-electron chi connectivity index (χ2n) is 4.36. The lowest BCUT2D eigenvalue weighted by Gasteiger charge is -2.26. The summed E-state index contributed by atoms with van der Waals surface area (Å²) in [5, 5.41) is 8.92. The highest BCUT2D eigenvalue weighted by atomic mass is 35.5. The van der Waals surface area contributed by atoms with Gasteiger partial charge in [-0.25, -0.2) is 4.39 Å². The average molecular weight is 288 g/mol. The molecule has 1 rings (SSSR count). The van der Waals surface area contributed by atoms with E-state index in [1.54, 1.807) is 13.8 Å². The van der Waals surface area contributed by atoms with Gasteiger partial charge >= 0.3 is 5.97 Å². The fourth-order valence-electron chi connectivity index (χ4n) is 1.63. The lowest BCUT2D eigenvalue weighted by Crippen LogP contribution is -2.38. The van der Waals surface area contributed by atoms with Crippen molar-refractivity contribution >= 4 is 23.5 Å². The molecular formula is C13H15ClFNO3. The van der Waals surface area contributed by atoms with Crippen LogP contribution in [0.1, 0.15) is 30.6 Å². The Kier molecular flexibility index (Phi) is 5.30. The maximum atomic E-state index is 13.6. The van der Waals surface area contributed by atoms with Crippen LogP contribution in [0, 0.1) is 5.82 Å². The minimum Gasteiger partial charge on any atom is -0.481 e. The Hall–Kier alpha value is -1.62. The third-order valence-electron chi connectivity index (χ3n) is 2.61. The van der Waals surface area contributed by atoms with E-state index in [0.717, 1.165) is 6.07 Å². The van der Waals surface area contributed by atoms with Gasteiger partial charge in [0.05, 0.1) is 12.0 Å². The van der Waals surface area contributed by atoms with Gasteiger partial charge in [-0.3, -0.25) is 9.59 Å². The maximum Gasteiger partial charge on any atom is 0.305 e. The molecule has 19 heavy (non-hydrogen) atoms. The average Bonchev–Trinajstić information content (AvgIpc) is 2.31. The zero-order chi connectivity index (χ0) is 14.6. The fraction of sp³-hybridized carbons (Fsp3) is 0.385. The molecule has 0 spiro atoms. The smallest absolute Gasteiger partial charge is 0.305 e. The van der Waals surface area contributed by atoms with E-state index in [9.17, 15) is 14.0 Å². The third kappa shape index (κ3) is 4.21. The first kappa shape index (κ1) is 15.4. The van der Waals surface area contributed by atoms with Crippen molar-refractivity contribution in [1.82, 2.24) is 4.90 Å². The van der Waals surface area contributed by atoms with Crippen LogP contribution in [0.25, 0.3) is 0 Å². The van der Waals surface area contributed by atoms with E-state index in [-0.39, 0.29) is 29.6 Å². The largest absolute Gasteiger partial charge is 0.481 e. The first-order chi connectivity index (χ1) is 8.82. The van der Waals surface area contributed by atoms with Gasteiger partial charge in [0.15, 0.2) is 0 Å². The number of hydrogen-bond donors (Lipinski definition) is 1. The van der Waals surface area contributed by atoms with Crippen LogP contribution in [0.4, 0.5) is 4.39 Å². The van der Waals surface area contributed by atoms with Crippen LogP contribution in [0.15, 0.2) is 18.2 Å². The molecule has 0 aliphatic heterocycles. The number of aliphatic carboxylic acids is 1. The van der Waals surface area contributed by atoms with Crippen molar-refractivity contribution in [2.45, 2.75) is 26.3 Å². The van der Waals surface area contributed by atoms with E-state index in [4.69, 9.17) is 16.7 Å². The minimum atomic E-state index is -1.01. The molecule has 0 fully saturated rings. The van der Waals surface area contributed by atoms with Crippen molar-refractivity contribution in [2.75, 3.05) is 6.54 Å². The van der Waals surface area contributed by atoms with E-state index >= 15 is 0 Å². The lowest BCUT2D eigenvalue weighted by atomic mass is 10.1. The number of hydrogen-bond acceptors (Lipinski definition) is 2.